The largest absolute Gasteiger partial charge is 0.261 e. The number of aromatic nitrogens is 2. The van der Waals surface area contributed by atoms with Crippen molar-refractivity contribution in [2.24, 2.45) is 0 Å². The highest BCUT2D eigenvalue weighted by Gasteiger charge is 2.25. The second-order valence-electron chi connectivity index (χ2n) is 6.72. The average molecular weight is 460 g/mol. The summed E-state index contributed by atoms with van der Waals surface area (Å²) in [6.45, 7) is 2.20. The van der Waals surface area contributed by atoms with Gasteiger partial charge < -0.3 is 0 Å². The summed E-state index contributed by atoms with van der Waals surface area (Å²) in [7, 11) is 0. The number of benzene rings is 2. The molecule has 1 aliphatic rings. The van der Waals surface area contributed by atoms with Gasteiger partial charge in [0.15, 0.2) is 0 Å². The van der Waals surface area contributed by atoms with E-state index in [2.05, 4.69) is 92.0 Å². The van der Waals surface area contributed by atoms with Crippen molar-refractivity contribution in [3.8, 4) is 22.5 Å². The third kappa shape index (κ3) is 3.34. The van der Waals surface area contributed by atoms with Crippen LogP contribution >= 0.6 is 31.9 Å². The van der Waals surface area contributed by atoms with Crippen molar-refractivity contribution >= 4 is 31.9 Å². The normalized spacial score (nSPS) is 15.0. The molecule has 0 unspecified atom stereocenters. The molecule has 1 saturated carbocycles. The van der Waals surface area contributed by atoms with Gasteiger partial charge in [0.05, 0.1) is 17.4 Å². The Labute approximate surface area is 165 Å². The molecule has 0 saturated heterocycles. The van der Waals surface area contributed by atoms with E-state index in [0.717, 1.165) is 14.6 Å². The summed E-state index contributed by atoms with van der Waals surface area (Å²) >= 11 is 7.07. The zero-order valence-corrected chi connectivity index (χ0v) is 17.3. The zero-order chi connectivity index (χ0) is 17.4. The molecule has 0 spiro atoms. The Hall–Kier alpha value is -1.39. The van der Waals surface area contributed by atoms with E-state index < -0.39 is 0 Å². The lowest BCUT2D eigenvalue weighted by Crippen LogP contribution is -2.08. The number of halogens is 2. The second-order valence-corrected chi connectivity index (χ2v) is 8.55. The van der Waals surface area contributed by atoms with Gasteiger partial charge in [0.1, 0.15) is 0 Å². The fraction of sp³-hybridized carbons (Fsp3) is 0.286. The molecule has 4 rings (SSSR count). The van der Waals surface area contributed by atoms with Crippen LogP contribution in [0.3, 0.4) is 0 Å². The third-order valence-corrected chi connectivity index (χ3v) is 6.11. The Morgan fingerprint density at radius 2 is 1.36 bits per heavy atom. The van der Waals surface area contributed by atoms with Crippen LogP contribution in [-0.4, -0.2) is 9.78 Å². The van der Waals surface area contributed by atoms with Crippen molar-refractivity contribution in [2.45, 2.75) is 38.6 Å². The van der Waals surface area contributed by atoms with Crippen molar-refractivity contribution < 1.29 is 0 Å². The average Bonchev–Trinajstić information content (AvgIpc) is 3.25. The topological polar surface area (TPSA) is 17.8 Å². The Kier molecular flexibility index (Phi) is 4.83. The highest BCUT2D eigenvalue weighted by Crippen LogP contribution is 2.38. The second kappa shape index (κ2) is 7.08. The van der Waals surface area contributed by atoms with Crippen LogP contribution in [0.4, 0.5) is 0 Å². The molecule has 128 valence electrons. The van der Waals surface area contributed by atoms with Crippen LogP contribution in [0.15, 0.2) is 57.5 Å². The first-order valence-electron chi connectivity index (χ1n) is 8.74. The summed E-state index contributed by atoms with van der Waals surface area (Å²) in [5.41, 5.74) is 6.03. The van der Waals surface area contributed by atoms with Crippen LogP contribution < -0.4 is 0 Å². The van der Waals surface area contributed by atoms with Gasteiger partial charge in [-0.2, -0.15) is 5.10 Å². The molecule has 0 bridgehead atoms. The highest BCUT2D eigenvalue weighted by atomic mass is 79.9. The monoisotopic (exact) mass is 458 g/mol. The quantitative estimate of drug-likeness (QED) is 0.406. The molecule has 0 atom stereocenters. The molecule has 25 heavy (non-hydrogen) atoms. The first kappa shape index (κ1) is 17.0. The van der Waals surface area contributed by atoms with Gasteiger partial charge in [0.2, 0.25) is 0 Å². The summed E-state index contributed by atoms with van der Waals surface area (Å²) in [6.07, 6.45) is 5.06. The summed E-state index contributed by atoms with van der Waals surface area (Å²) in [4.78, 5) is 0. The van der Waals surface area contributed by atoms with Gasteiger partial charge in [0.25, 0.3) is 0 Å². The van der Waals surface area contributed by atoms with E-state index in [1.165, 1.54) is 48.1 Å². The number of nitrogens with zero attached hydrogens (tertiary/aromatic N) is 2. The van der Waals surface area contributed by atoms with E-state index >= 15 is 0 Å². The molecule has 4 heteroatoms. The van der Waals surface area contributed by atoms with Gasteiger partial charge >= 0.3 is 0 Å². The Morgan fingerprint density at radius 3 is 1.92 bits per heavy atom. The first-order valence-corrected chi connectivity index (χ1v) is 10.3. The van der Waals surface area contributed by atoms with Gasteiger partial charge in [-0.05, 0) is 44.0 Å². The standard InChI is InChI=1S/C21H20Br2N2/c1-14-20(15-6-10-17(22)11-7-15)24-25(19-4-2-3-5-19)21(14)16-8-12-18(23)13-9-16/h6-13,19H,2-5H2,1H3. The van der Waals surface area contributed by atoms with Crippen molar-refractivity contribution in [3.63, 3.8) is 0 Å². The predicted molar refractivity (Wildman–Crippen MR) is 111 cm³/mol. The molecule has 1 fully saturated rings. The Bertz CT molecular complexity index is 874. The first-order chi connectivity index (χ1) is 12.1. The van der Waals surface area contributed by atoms with Crippen molar-refractivity contribution in [3.05, 3.63) is 63.0 Å². The van der Waals surface area contributed by atoms with Gasteiger partial charge in [-0.25, -0.2) is 0 Å². The molecule has 1 heterocycles. The fourth-order valence-corrected chi connectivity index (χ4v) is 4.30. The molecular formula is C21H20Br2N2. The molecule has 0 amide bonds. The lowest BCUT2D eigenvalue weighted by Gasteiger charge is -2.15. The highest BCUT2D eigenvalue weighted by molar-refractivity contribution is 9.10. The summed E-state index contributed by atoms with van der Waals surface area (Å²) < 4.78 is 4.49. The number of hydrogen-bond donors (Lipinski definition) is 0. The summed E-state index contributed by atoms with van der Waals surface area (Å²) in [5.74, 6) is 0. The van der Waals surface area contributed by atoms with E-state index in [9.17, 15) is 0 Å². The number of rotatable bonds is 3. The lowest BCUT2D eigenvalue weighted by molar-refractivity contribution is 0.473. The lowest BCUT2D eigenvalue weighted by atomic mass is 10.0. The predicted octanol–water partition coefficient (Wildman–Crippen LogP) is 7.17. The minimum Gasteiger partial charge on any atom is -0.261 e. The molecular weight excluding hydrogens is 440 g/mol. The zero-order valence-electron chi connectivity index (χ0n) is 14.2. The smallest absolute Gasteiger partial charge is 0.0959 e. The van der Waals surface area contributed by atoms with Gasteiger partial charge in [-0.15, -0.1) is 0 Å². The summed E-state index contributed by atoms with van der Waals surface area (Å²) in [6, 6.07) is 17.6. The van der Waals surface area contributed by atoms with Crippen LogP contribution in [0.1, 0.15) is 37.3 Å². The van der Waals surface area contributed by atoms with E-state index in [0.29, 0.717) is 6.04 Å². The van der Waals surface area contributed by atoms with Crippen LogP contribution in [0.25, 0.3) is 22.5 Å². The SMILES string of the molecule is Cc1c(-c2ccc(Br)cc2)nn(C2CCCC2)c1-c1ccc(Br)cc1. The molecule has 2 nitrogen and oxygen atoms in total. The van der Waals surface area contributed by atoms with Crippen molar-refractivity contribution in [2.75, 3.05) is 0 Å². The van der Waals surface area contributed by atoms with Crippen molar-refractivity contribution in [1.29, 1.82) is 0 Å². The minimum atomic E-state index is 0.515. The fourth-order valence-electron chi connectivity index (χ4n) is 3.77. The maximum atomic E-state index is 5.08. The van der Waals surface area contributed by atoms with Crippen molar-refractivity contribution in [1.82, 2.24) is 9.78 Å². The molecule has 0 N–H and O–H groups in total. The maximum Gasteiger partial charge on any atom is 0.0959 e. The van der Waals surface area contributed by atoms with E-state index in [1.807, 2.05) is 0 Å². The van der Waals surface area contributed by atoms with E-state index in [4.69, 9.17) is 5.10 Å². The molecule has 1 aromatic heterocycles. The van der Waals surface area contributed by atoms with Crippen LogP contribution in [0.5, 0.6) is 0 Å². The van der Waals surface area contributed by atoms with Crippen LogP contribution in [0, 0.1) is 6.92 Å². The molecule has 3 aromatic rings. The maximum absolute atomic E-state index is 5.08. The Balaban J connectivity index is 1.88. The Morgan fingerprint density at radius 1 is 0.840 bits per heavy atom. The molecule has 1 aliphatic carbocycles. The van der Waals surface area contributed by atoms with E-state index in [-0.39, 0.29) is 0 Å². The van der Waals surface area contributed by atoms with Gasteiger partial charge in [-0.1, -0.05) is 69.0 Å². The third-order valence-electron chi connectivity index (χ3n) is 5.05. The van der Waals surface area contributed by atoms with Gasteiger partial charge in [0, 0.05) is 25.6 Å². The summed E-state index contributed by atoms with van der Waals surface area (Å²) in [5, 5.41) is 5.08. The molecule has 0 aliphatic heterocycles. The van der Waals surface area contributed by atoms with Gasteiger partial charge in [-0.3, -0.25) is 4.68 Å². The van der Waals surface area contributed by atoms with Crippen LogP contribution in [0.2, 0.25) is 0 Å². The molecule has 2 aromatic carbocycles. The van der Waals surface area contributed by atoms with Crippen LogP contribution in [-0.2, 0) is 0 Å². The van der Waals surface area contributed by atoms with E-state index in [1.54, 1.807) is 0 Å². The minimum absolute atomic E-state index is 0.515. The molecule has 0 radical (unpaired) electrons. The number of hydrogen-bond acceptors (Lipinski definition) is 1.